The van der Waals surface area contributed by atoms with Gasteiger partial charge in [0.05, 0.1) is 31.7 Å². The van der Waals surface area contributed by atoms with Crippen LogP contribution in [0.2, 0.25) is 0 Å². The third-order valence-electron chi connectivity index (χ3n) is 4.19. The first-order valence-corrected chi connectivity index (χ1v) is 7.87. The van der Waals surface area contributed by atoms with Crippen molar-refractivity contribution in [2.75, 3.05) is 20.3 Å². The molecule has 0 amide bonds. The quantitative estimate of drug-likeness (QED) is 0.430. The van der Waals surface area contributed by atoms with Crippen LogP contribution in [-0.4, -0.2) is 43.0 Å². The van der Waals surface area contributed by atoms with Gasteiger partial charge in [0.2, 0.25) is 6.54 Å². The fraction of sp³-hybridized carbons (Fsp3) is 0.588. The van der Waals surface area contributed by atoms with Gasteiger partial charge in [0.25, 0.3) is 0 Å². The van der Waals surface area contributed by atoms with E-state index in [1.165, 1.54) is 7.11 Å². The van der Waals surface area contributed by atoms with Crippen LogP contribution in [0.5, 0.6) is 0 Å². The van der Waals surface area contributed by atoms with Gasteiger partial charge in [-0.15, -0.1) is 0 Å². The van der Waals surface area contributed by atoms with E-state index in [1.807, 2.05) is 30.3 Å². The van der Waals surface area contributed by atoms with Crippen LogP contribution in [0.25, 0.3) is 0 Å². The summed E-state index contributed by atoms with van der Waals surface area (Å²) in [6.07, 6.45) is -0.176. The molecule has 7 heteroatoms. The minimum Gasteiger partial charge on any atom is -0.469 e. The highest BCUT2D eigenvalue weighted by Gasteiger charge is 2.45. The monoisotopic (exact) mass is 337 g/mol. The van der Waals surface area contributed by atoms with Crippen LogP contribution in [0.15, 0.2) is 30.3 Å². The highest BCUT2D eigenvalue weighted by atomic mass is 16.7. The lowest BCUT2D eigenvalue weighted by Gasteiger charge is -2.27. The highest BCUT2D eigenvalue weighted by Crippen LogP contribution is 2.32. The molecule has 0 aromatic heterocycles. The zero-order valence-corrected chi connectivity index (χ0v) is 14.1. The molecule has 1 aliphatic rings. The molecule has 0 bridgehead atoms. The van der Waals surface area contributed by atoms with Crippen molar-refractivity contribution in [1.82, 2.24) is 0 Å². The highest BCUT2D eigenvalue weighted by molar-refractivity contribution is 5.73. The number of rotatable bonds is 7. The van der Waals surface area contributed by atoms with E-state index in [0.717, 1.165) is 5.56 Å². The molecule has 1 fully saturated rings. The summed E-state index contributed by atoms with van der Waals surface area (Å²) in [5, 5.41) is 11.2. The molecule has 7 nitrogen and oxygen atoms in total. The summed E-state index contributed by atoms with van der Waals surface area (Å²) in [6, 6.07) is 9.38. The minimum atomic E-state index is -0.813. The summed E-state index contributed by atoms with van der Waals surface area (Å²) < 4.78 is 16.2. The predicted octanol–water partition coefficient (Wildman–Crippen LogP) is 2.06. The van der Waals surface area contributed by atoms with E-state index in [9.17, 15) is 14.9 Å². The summed E-state index contributed by atoms with van der Waals surface area (Å²) in [6.45, 7) is 3.34. The Bertz CT molecular complexity index is 574. The molecule has 1 aromatic rings. The predicted molar refractivity (Wildman–Crippen MR) is 85.9 cm³/mol. The first-order chi connectivity index (χ1) is 11.3. The lowest BCUT2D eigenvalue weighted by Crippen LogP contribution is -2.41. The molecule has 3 atom stereocenters. The van der Waals surface area contributed by atoms with Crippen molar-refractivity contribution >= 4 is 5.97 Å². The summed E-state index contributed by atoms with van der Waals surface area (Å²) in [5.74, 6) is -2.59. The molecule has 132 valence electrons. The smallest absolute Gasteiger partial charge is 0.309 e. The Morgan fingerprint density at radius 2 is 2.08 bits per heavy atom. The van der Waals surface area contributed by atoms with Crippen molar-refractivity contribution in [2.45, 2.75) is 32.2 Å². The number of carbonyl (C=O) groups excluding carboxylic acids is 1. The van der Waals surface area contributed by atoms with Gasteiger partial charge in [0.1, 0.15) is 0 Å². The average molecular weight is 337 g/mol. The van der Waals surface area contributed by atoms with Gasteiger partial charge in [-0.05, 0) is 25.8 Å². The van der Waals surface area contributed by atoms with Crippen LogP contribution in [0.3, 0.4) is 0 Å². The molecule has 24 heavy (non-hydrogen) atoms. The molecule has 0 radical (unpaired) electrons. The van der Waals surface area contributed by atoms with Crippen LogP contribution in [0.1, 0.15) is 19.4 Å². The maximum atomic E-state index is 12.3. The fourth-order valence-corrected chi connectivity index (χ4v) is 3.03. The van der Waals surface area contributed by atoms with E-state index in [1.54, 1.807) is 13.8 Å². The van der Waals surface area contributed by atoms with Gasteiger partial charge in [-0.3, -0.25) is 14.9 Å². The SMILES string of the molecule is COC(=O)[C@@H](Cc1ccccc1)[C@@H](C[N+](=O)[O-])[C@H]1COC(C)(C)O1. The van der Waals surface area contributed by atoms with E-state index in [2.05, 4.69) is 0 Å². The Hall–Kier alpha value is -1.99. The maximum absolute atomic E-state index is 12.3. The van der Waals surface area contributed by atoms with Crippen molar-refractivity contribution in [3.8, 4) is 0 Å². The third kappa shape index (κ3) is 4.75. The maximum Gasteiger partial charge on any atom is 0.309 e. The summed E-state index contributed by atoms with van der Waals surface area (Å²) in [7, 11) is 1.29. The Balaban J connectivity index is 2.26. The second-order valence-corrected chi connectivity index (χ2v) is 6.37. The van der Waals surface area contributed by atoms with Crippen molar-refractivity contribution in [1.29, 1.82) is 0 Å². The number of carbonyl (C=O) groups is 1. The third-order valence-corrected chi connectivity index (χ3v) is 4.19. The zero-order valence-electron chi connectivity index (χ0n) is 14.1. The molecule has 0 spiro atoms. The van der Waals surface area contributed by atoms with Crippen molar-refractivity contribution < 1.29 is 23.9 Å². The Kier molecular flexibility index (Phi) is 5.90. The average Bonchev–Trinajstić information content (AvgIpc) is 2.90. The van der Waals surface area contributed by atoms with Crippen molar-refractivity contribution in [3.05, 3.63) is 46.0 Å². The normalized spacial score (nSPS) is 21.9. The molecule has 1 aromatic carbocycles. The second-order valence-electron chi connectivity index (χ2n) is 6.37. The Labute approximate surface area is 141 Å². The number of benzene rings is 1. The second kappa shape index (κ2) is 7.72. The van der Waals surface area contributed by atoms with Gasteiger partial charge in [-0.1, -0.05) is 30.3 Å². The number of esters is 1. The molecule has 2 rings (SSSR count). The molecule has 0 aliphatic carbocycles. The number of hydrogen-bond donors (Lipinski definition) is 0. The molecule has 1 heterocycles. The number of methoxy groups -OCH3 is 1. The van der Waals surface area contributed by atoms with Crippen molar-refractivity contribution in [3.63, 3.8) is 0 Å². The molecule has 0 saturated carbocycles. The van der Waals surface area contributed by atoms with Gasteiger partial charge in [-0.25, -0.2) is 0 Å². The van der Waals surface area contributed by atoms with Gasteiger partial charge in [-0.2, -0.15) is 0 Å². The topological polar surface area (TPSA) is 87.9 Å². The standard InChI is InChI=1S/C17H23NO6/c1-17(2)23-11-15(24-17)14(10-18(20)21)13(16(19)22-3)9-12-7-5-4-6-8-12/h4-8,13-15H,9-11H2,1-3H3/t13-,14+,15+/m0/s1. The first kappa shape index (κ1) is 18.4. The van der Waals surface area contributed by atoms with Crippen molar-refractivity contribution in [2.24, 2.45) is 11.8 Å². The fourth-order valence-electron chi connectivity index (χ4n) is 3.03. The molecule has 0 unspecified atom stereocenters. The van der Waals surface area contributed by atoms with Gasteiger partial charge < -0.3 is 14.2 Å². The molecular formula is C17H23NO6. The zero-order chi connectivity index (χ0) is 17.7. The van der Waals surface area contributed by atoms with E-state index in [4.69, 9.17) is 14.2 Å². The van der Waals surface area contributed by atoms with E-state index in [-0.39, 0.29) is 13.2 Å². The van der Waals surface area contributed by atoms with Crippen LogP contribution in [0, 0.1) is 22.0 Å². The van der Waals surface area contributed by atoms with Gasteiger partial charge in [0.15, 0.2) is 5.79 Å². The first-order valence-electron chi connectivity index (χ1n) is 7.87. The van der Waals surface area contributed by atoms with Crippen LogP contribution in [0.4, 0.5) is 0 Å². The number of ether oxygens (including phenoxy) is 3. The molecule has 0 N–H and O–H groups in total. The van der Waals surface area contributed by atoms with Crippen LogP contribution >= 0.6 is 0 Å². The van der Waals surface area contributed by atoms with Gasteiger partial charge >= 0.3 is 5.97 Å². The van der Waals surface area contributed by atoms with E-state index in [0.29, 0.717) is 6.42 Å². The van der Waals surface area contributed by atoms with E-state index >= 15 is 0 Å². The van der Waals surface area contributed by atoms with Crippen LogP contribution in [-0.2, 0) is 25.4 Å². The summed E-state index contributed by atoms with van der Waals surface area (Å²) in [5.41, 5.74) is 0.916. The Morgan fingerprint density at radius 3 is 2.58 bits per heavy atom. The van der Waals surface area contributed by atoms with E-state index < -0.39 is 34.6 Å². The van der Waals surface area contributed by atoms with Crippen LogP contribution < -0.4 is 0 Å². The minimum absolute atomic E-state index is 0.216. The van der Waals surface area contributed by atoms with Gasteiger partial charge in [0, 0.05) is 4.92 Å². The summed E-state index contributed by atoms with van der Waals surface area (Å²) in [4.78, 5) is 23.1. The Morgan fingerprint density at radius 1 is 1.42 bits per heavy atom. The molecular weight excluding hydrogens is 314 g/mol. The lowest BCUT2D eigenvalue weighted by molar-refractivity contribution is -0.492. The molecule has 1 saturated heterocycles. The number of nitrogens with zero attached hydrogens (tertiary/aromatic N) is 1. The number of hydrogen-bond acceptors (Lipinski definition) is 6. The lowest BCUT2D eigenvalue weighted by atomic mass is 9.83. The largest absolute Gasteiger partial charge is 0.469 e. The molecule has 1 aliphatic heterocycles. The summed E-state index contributed by atoms with van der Waals surface area (Å²) >= 11 is 0. The number of nitro groups is 1.